The van der Waals surface area contributed by atoms with Gasteiger partial charge in [-0.1, -0.05) is 36.9 Å². The van der Waals surface area contributed by atoms with Gasteiger partial charge < -0.3 is 21.5 Å². The number of amides is 3. The number of imide groups is 1. The molecule has 1 fully saturated rings. The molecular weight excluding hydrogens is 336 g/mol. The zero-order valence-corrected chi connectivity index (χ0v) is 14.6. The molecule has 1 aliphatic rings. The highest BCUT2D eigenvalue weighted by Gasteiger charge is 2.54. The first-order valence-electron chi connectivity index (χ1n) is 8.42. The van der Waals surface area contributed by atoms with Gasteiger partial charge in [0.15, 0.2) is 6.04 Å². The monoisotopic (exact) mass is 360 g/mol. The number of likely N-dealkylation sites (tertiary alicyclic amines) is 1. The first-order chi connectivity index (χ1) is 12.3. The summed E-state index contributed by atoms with van der Waals surface area (Å²) in [6.45, 7) is 5.76. The highest BCUT2D eigenvalue weighted by atomic mass is 16.4. The molecule has 8 heteroatoms. The van der Waals surface area contributed by atoms with Gasteiger partial charge in [-0.3, -0.25) is 4.79 Å². The van der Waals surface area contributed by atoms with Crippen LogP contribution < -0.4 is 16.4 Å². The summed E-state index contributed by atoms with van der Waals surface area (Å²) in [6.07, 6.45) is 0.903. The fourth-order valence-electron chi connectivity index (χ4n) is 2.99. The number of β-lactam (4-membered cyclic amide) rings is 1. The summed E-state index contributed by atoms with van der Waals surface area (Å²) in [7, 11) is 0. The zero-order valence-electron chi connectivity index (χ0n) is 14.6. The normalized spacial score (nSPS) is 20.0. The van der Waals surface area contributed by atoms with E-state index in [2.05, 4.69) is 17.2 Å². The van der Waals surface area contributed by atoms with E-state index in [1.165, 1.54) is 0 Å². The molecule has 1 aromatic carbocycles. The van der Waals surface area contributed by atoms with Gasteiger partial charge in [0.05, 0.1) is 17.8 Å². The fourth-order valence-corrected chi connectivity index (χ4v) is 2.99. The number of nitrogens with one attached hydrogen (secondary N) is 2. The number of carboxylic acids is 1. The van der Waals surface area contributed by atoms with Crippen molar-refractivity contribution in [1.82, 2.24) is 15.5 Å². The van der Waals surface area contributed by atoms with Gasteiger partial charge in [0, 0.05) is 6.54 Å². The minimum absolute atomic E-state index is 0.315. The Kier molecular flexibility index (Phi) is 6.21. The van der Waals surface area contributed by atoms with Crippen LogP contribution in [-0.2, 0) is 9.59 Å². The van der Waals surface area contributed by atoms with E-state index in [4.69, 9.17) is 5.73 Å². The average Bonchev–Trinajstić information content (AvgIpc) is 2.59. The molecule has 3 atom stereocenters. The number of carboxylic acid groups (broad SMARTS) is 1. The summed E-state index contributed by atoms with van der Waals surface area (Å²) in [4.78, 5) is 37.0. The van der Waals surface area contributed by atoms with Crippen LogP contribution in [0.5, 0.6) is 0 Å². The highest BCUT2D eigenvalue weighted by molar-refractivity contribution is 6.07. The number of carbonyl (C=O) groups is 3. The molecule has 26 heavy (non-hydrogen) atoms. The molecule has 1 aromatic rings. The topological polar surface area (TPSA) is 125 Å². The van der Waals surface area contributed by atoms with Gasteiger partial charge in [-0.15, -0.1) is 0 Å². The molecule has 140 valence electrons. The molecule has 5 N–H and O–H groups in total. The lowest BCUT2D eigenvalue weighted by Crippen LogP contribution is -2.68. The van der Waals surface area contributed by atoms with Gasteiger partial charge in [-0.05, 0) is 25.3 Å². The molecular formula is C18H24N4O4. The van der Waals surface area contributed by atoms with Crippen LogP contribution in [0.1, 0.15) is 31.4 Å². The standard InChI is InChI=1S/C18H24N4O4/c1-11(13-7-4-3-5-8-13)21-18(26)22-15(17(24)25)14(16(22)23)9-6-10-20-12(2)19/h3-5,7-8,11,14-15,20H,2,6,9-10,19H2,1H3,(H,21,26)(H,24,25)/t11?,14-,15?/m1/s1. The number of hydrogen-bond acceptors (Lipinski definition) is 5. The third-order valence-electron chi connectivity index (χ3n) is 4.37. The number of carbonyl (C=O) groups excluding carboxylic acids is 2. The SMILES string of the molecule is C=C(N)NCCC[C@H]1C(=O)N(C(=O)NC(C)c2ccccc2)C1C(=O)O. The maximum atomic E-state index is 12.4. The van der Waals surface area contributed by atoms with Gasteiger partial charge in [0.25, 0.3) is 0 Å². The van der Waals surface area contributed by atoms with Crippen LogP contribution in [0.2, 0.25) is 0 Å². The van der Waals surface area contributed by atoms with Crippen molar-refractivity contribution < 1.29 is 19.5 Å². The van der Waals surface area contributed by atoms with Crippen molar-refractivity contribution >= 4 is 17.9 Å². The van der Waals surface area contributed by atoms with Crippen LogP contribution in [0.4, 0.5) is 4.79 Å². The summed E-state index contributed by atoms with van der Waals surface area (Å²) in [5.41, 5.74) is 6.25. The zero-order chi connectivity index (χ0) is 19.3. The Labute approximate surface area is 152 Å². The second kappa shape index (κ2) is 8.37. The highest BCUT2D eigenvalue weighted by Crippen LogP contribution is 2.31. The van der Waals surface area contributed by atoms with Gasteiger partial charge in [-0.25, -0.2) is 14.5 Å². The van der Waals surface area contributed by atoms with Crippen LogP contribution in [0.3, 0.4) is 0 Å². The lowest BCUT2D eigenvalue weighted by molar-refractivity contribution is -0.166. The maximum Gasteiger partial charge on any atom is 0.327 e. The lowest BCUT2D eigenvalue weighted by atomic mass is 9.84. The molecule has 1 heterocycles. The number of rotatable bonds is 8. The van der Waals surface area contributed by atoms with Crippen molar-refractivity contribution in [2.24, 2.45) is 11.7 Å². The number of benzene rings is 1. The summed E-state index contributed by atoms with van der Waals surface area (Å²) >= 11 is 0. The Balaban J connectivity index is 1.95. The summed E-state index contributed by atoms with van der Waals surface area (Å²) in [5, 5.41) is 14.9. The van der Waals surface area contributed by atoms with Crippen molar-refractivity contribution in [2.45, 2.75) is 31.8 Å². The van der Waals surface area contributed by atoms with Crippen molar-refractivity contribution in [3.05, 3.63) is 48.3 Å². The van der Waals surface area contributed by atoms with Crippen LogP contribution in [0.15, 0.2) is 42.7 Å². The van der Waals surface area contributed by atoms with Gasteiger partial charge in [-0.2, -0.15) is 0 Å². The van der Waals surface area contributed by atoms with Crippen molar-refractivity contribution in [1.29, 1.82) is 0 Å². The molecule has 3 amide bonds. The number of nitrogens with zero attached hydrogens (tertiary/aromatic N) is 1. The lowest BCUT2D eigenvalue weighted by Gasteiger charge is -2.43. The van der Waals surface area contributed by atoms with Crippen LogP contribution in [-0.4, -0.2) is 40.5 Å². The van der Waals surface area contributed by atoms with Crippen LogP contribution in [0, 0.1) is 5.92 Å². The molecule has 0 bridgehead atoms. The molecule has 2 rings (SSSR count). The first-order valence-corrected chi connectivity index (χ1v) is 8.42. The molecule has 2 unspecified atom stereocenters. The maximum absolute atomic E-state index is 12.4. The van der Waals surface area contributed by atoms with Crippen molar-refractivity contribution in [3.63, 3.8) is 0 Å². The van der Waals surface area contributed by atoms with E-state index in [0.29, 0.717) is 25.2 Å². The Hall–Kier alpha value is -3.03. The third-order valence-corrected chi connectivity index (χ3v) is 4.37. The van der Waals surface area contributed by atoms with E-state index in [9.17, 15) is 19.5 Å². The average molecular weight is 360 g/mol. The smallest absolute Gasteiger partial charge is 0.327 e. The Morgan fingerprint density at radius 2 is 2.00 bits per heavy atom. The van der Waals surface area contributed by atoms with Crippen LogP contribution in [0.25, 0.3) is 0 Å². The van der Waals surface area contributed by atoms with Crippen molar-refractivity contribution in [2.75, 3.05) is 6.54 Å². The number of urea groups is 1. The molecule has 1 saturated heterocycles. The van der Waals surface area contributed by atoms with Crippen molar-refractivity contribution in [3.8, 4) is 0 Å². The molecule has 0 radical (unpaired) electrons. The molecule has 0 saturated carbocycles. The number of nitrogens with two attached hydrogens (primary N) is 1. The quantitative estimate of drug-likeness (QED) is 0.407. The Morgan fingerprint density at radius 3 is 2.58 bits per heavy atom. The first kappa shape index (κ1) is 19.3. The summed E-state index contributed by atoms with van der Waals surface area (Å²) in [5.74, 6) is -2.05. The summed E-state index contributed by atoms with van der Waals surface area (Å²) in [6, 6.07) is 7.05. The Bertz CT molecular complexity index is 692. The molecule has 8 nitrogen and oxygen atoms in total. The molecule has 0 aromatic heterocycles. The fraction of sp³-hybridized carbons (Fsp3) is 0.389. The summed E-state index contributed by atoms with van der Waals surface area (Å²) < 4.78 is 0. The van der Waals surface area contributed by atoms with E-state index in [-0.39, 0.29) is 6.04 Å². The second-order valence-electron chi connectivity index (χ2n) is 6.27. The molecule has 0 aliphatic carbocycles. The van der Waals surface area contributed by atoms with Gasteiger partial charge >= 0.3 is 12.0 Å². The van der Waals surface area contributed by atoms with Crippen LogP contribution >= 0.6 is 0 Å². The predicted octanol–water partition coefficient (Wildman–Crippen LogP) is 1.17. The predicted molar refractivity (Wildman–Crippen MR) is 95.7 cm³/mol. The minimum Gasteiger partial charge on any atom is -0.480 e. The van der Waals surface area contributed by atoms with E-state index >= 15 is 0 Å². The number of aliphatic carboxylic acids is 1. The van der Waals surface area contributed by atoms with E-state index in [0.717, 1.165) is 10.5 Å². The number of hydrogen-bond donors (Lipinski definition) is 4. The van der Waals surface area contributed by atoms with E-state index in [1.54, 1.807) is 6.92 Å². The van der Waals surface area contributed by atoms with E-state index in [1.807, 2.05) is 30.3 Å². The third kappa shape index (κ3) is 4.33. The Morgan fingerprint density at radius 1 is 1.35 bits per heavy atom. The molecule has 1 aliphatic heterocycles. The second-order valence-corrected chi connectivity index (χ2v) is 6.27. The van der Waals surface area contributed by atoms with Gasteiger partial charge in [0.1, 0.15) is 0 Å². The molecule has 0 spiro atoms. The van der Waals surface area contributed by atoms with Gasteiger partial charge in [0.2, 0.25) is 5.91 Å². The van der Waals surface area contributed by atoms with E-state index < -0.39 is 29.9 Å². The largest absolute Gasteiger partial charge is 0.480 e. The minimum atomic E-state index is -1.19.